The van der Waals surface area contributed by atoms with Crippen molar-refractivity contribution in [2.75, 3.05) is 25.4 Å². The van der Waals surface area contributed by atoms with Crippen LogP contribution < -0.4 is 21.7 Å². The number of nitrogens with two attached hydrogens (primary N) is 1. The predicted molar refractivity (Wildman–Crippen MR) is 124 cm³/mol. The summed E-state index contributed by atoms with van der Waals surface area (Å²) in [4.78, 5) is 27.2. The van der Waals surface area contributed by atoms with Gasteiger partial charge in [0.15, 0.2) is 0 Å². The van der Waals surface area contributed by atoms with Gasteiger partial charge in [-0.3, -0.25) is 9.59 Å². The molecule has 1 heterocycles. The van der Waals surface area contributed by atoms with Gasteiger partial charge in [-0.2, -0.15) is 0 Å². The van der Waals surface area contributed by atoms with Gasteiger partial charge in [0.2, 0.25) is 11.8 Å². The number of aryl methyl sites for hydroxylation is 2. The highest BCUT2D eigenvalue weighted by Crippen LogP contribution is 2.07. The Morgan fingerprint density at radius 1 is 0.933 bits per heavy atom. The summed E-state index contributed by atoms with van der Waals surface area (Å²) in [5.41, 5.74) is 8.56. The van der Waals surface area contributed by atoms with Crippen LogP contribution in [0.4, 0.5) is 5.82 Å². The fraction of sp³-hybridized carbons (Fsp3) is 0.435. The van der Waals surface area contributed by atoms with Crippen LogP contribution in [-0.2, 0) is 16.1 Å². The van der Waals surface area contributed by atoms with Gasteiger partial charge in [-0.1, -0.05) is 62.7 Å². The largest absolute Gasteiger partial charge is 0.384 e. The van der Waals surface area contributed by atoms with E-state index in [1.807, 2.05) is 52.0 Å². The summed E-state index contributed by atoms with van der Waals surface area (Å²) < 4.78 is 0. The Morgan fingerprint density at radius 3 is 2.10 bits per heavy atom. The number of pyridine rings is 1. The molecule has 30 heavy (non-hydrogen) atoms. The van der Waals surface area contributed by atoms with E-state index in [0.29, 0.717) is 12.4 Å². The molecule has 7 nitrogen and oxygen atoms in total. The average Bonchev–Trinajstić information content (AvgIpc) is 2.74. The van der Waals surface area contributed by atoms with Gasteiger partial charge < -0.3 is 21.7 Å². The number of carbonyl (C=O) groups is 2. The molecule has 0 bridgehead atoms. The summed E-state index contributed by atoms with van der Waals surface area (Å²) in [6.45, 7) is 11.3. The van der Waals surface area contributed by atoms with Gasteiger partial charge >= 0.3 is 0 Å². The summed E-state index contributed by atoms with van der Waals surface area (Å²) in [6, 6.07) is 13.8. The van der Waals surface area contributed by atoms with E-state index in [-0.39, 0.29) is 24.9 Å². The third-order valence-electron chi connectivity index (χ3n) is 3.79. The fourth-order valence-electron chi connectivity index (χ4n) is 2.21. The first-order chi connectivity index (χ1) is 14.4. The molecule has 166 valence electrons. The van der Waals surface area contributed by atoms with Crippen LogP contribution in [-0.4, -0.2) is 36.4 Å². The molecule has 2 rings (SSSR count). The average molecular weight is 416 g/mol. The molecule has 1 aromatic heterocycles. The molecular weight excluding hydrogens is 378 g/mol. The lowest BCUT2D eigenvalue weighted by Crippen LogP contribution is -2.40. The van der Waals surface area contributed by atoms with Crippen molar-refractivity contribution in [3.8, 4) is 0 Å². The first-order valence-corrected chi connectivity index (χ1v) is 10.4. The van der Waals surface area contributed by atoms with Gasteiger partial charge in [0.05, 0.1) is 13.1 Å². The molecule has 0 unspecified atom stereocenters. The molecule has 0 atom stereocenters. The quantitative estimate of drug-likeness (QED) is 0.496. The molecule has 1 aromatic carbocycles. The monoisotopic (exact) mass is 415 g/mol. The smallest absolute Gasteiger partial charge is 0.239 e. The van der Waals surface area contributed by atoms with Crippen LogP contribution in [0.25, 0.3) is 0 Å². The van der Waals surface area contributed by atoms with Crippen LogP contribution in [0.3, 0.4) is 0 Å². The van der Waals surface area contributed by atoms with Crippen molar-refractivity contribution >= 4 is 17.6 Å². The standard InChI is InChI=1S/C14H23N5O2.C7H8.C2H6/c1-3-6-16-8-13(20)18-9-14(21)17-7-11-4-5-12(15)19-10(11)2;1-7-5-3-2-4-6-7;1-2/h4-5,16H,3,6-9H2,1-2H3,(H2,15,19)(H,17,21)(H,18,20);2-6H,1H3;1-2H3. The number of hydrogen-bond donors (Lipinski definition) is 4. The number of nitrogens with zero attached hydrogens (tertiary/aromatic N) is 1. The Kier molecular flexibility index (Phi) is 15.3. The van der Waals surface area contributed by atoms with E-state index in [9.17, 15) is 9.59 Å². The summed E-state index contributed by atoms with van der Waals surface area (Å²) in [5, 5.41) is 8.24. The van der Waals surface area contributed by atoms with Crippen molar-refractivity contribution in [1.82, 2.24) is 20.9 Å². The highest BCUT2D eigenvalue weighted by Gasteiger charge is 2.06. The van der Waals surface area contributed by atoms with E-state index in [4.69, 9.17) is 5.73 Å². The third kappa shape index (κ3) is 13.3. The van der Waals surface area contributed by atoms with E-state index in [0.717, 1.165) is 24.2 Å². The Bertz CT molecular complexity index is 736. The van der Waals surface area contributed by atoms with Crippen molar-refractivity contribution in [3.05, 3.63) is 59.3 Å². The van der Waals surface area contributed by atoms with Crippen molar-refractivity contribution in [1.29, 1.82) is 0 Å². The maximum absolute atomic E-state index is 11.6. The zero-order chi connectivity index (χ0) is 22.8. The second-order valence-corrected chi connectivity index (χ2v) is 6.37. The molecule has 0 spiro atoms. The van der Waals surface area contributed by atoms with Gasteiger partial charge in [0.25, 0.3) is 0 Å². The molecule has 0 fully saturated rings. The SMILES string of the molecule is CC.CCCNCC(=O)NCC(=O)NCc1ccc(N)nc1C.Cc1ccccc1. The van der Waals surface area contributed by atoms with E-state index >= 15 is 0 Å². The maximum Gasteiger partial charge on any atom is 0.239 e. The van der Waals surface area contributed by atoms with Crippen molar-refractivity contribution in [3.63, 3.8) is 0 Å². The summed E-state index contributed by atoms with van der Waals surface area (Å²) in [7, 11) is 0. The minimum atomic E-state index is -0.241. The predicted octanol–water partition coefficient (Wildman–Crippen LogP) is 2.73. The first kappa shape index (κ1) is 27.1. The topological polar surface area (TPSA) is 109 Å². The van der Waals surface area contributed by atoms with Crippen LogP contribution in [0.15, 0.2) is 42.5 Å². The van der Waals surface area contributed by atoms with E-state index in [1.54, 1.807) is 6.07 Å². The highest BCUT2D eigenvalue weighted by molar-refractivity contribution is 5.85. The van der Waals surface area contributed by atoms with Gasteiger partial charge in [-0.25, -0.2) is 4.98 Å². The Labute approximate surface area is 180 Å². The normalized spacial score (nSPS) is 9.37. The van der Waals surface area contributed by atoms with Gasteiger partial charge in [0.1, 0.15) is 5.82 Å². The molecule has 0 saturated carbocycles. The molecule has 2 amide bonds. The second-order valence-electron chi connectivity index (χ2n) is 6.37. The van der Waals surface area contributed by atoms with Crippen molar-refractivity contribution < 1.29 is 9.59 Å². The van der Waals surface area contributed by atoms with Crippen LogP contribution >= 0.6 is 0 Å². The number of nitrogen functional groups attached to an aromatic ring is 1. The van der Waals surface area contributed by atoms with Gasteiger partial charge in [0, 0.05) is 12.2 Å². The fourth-order valence-corrected chi connectivity index (χ4v) is 2.21. The maximum atomic E-state index is 11.6. The van der Waals surface area contributed by atoms with Gasteiger partial charge in [-0.15, -0.1) is 0 Å². The van der Waals surface area contributed by atoms with Crippen molar-refractivity contribution in [2.24, 2.45) is 0 Å². The second kappa shape index (κ2) is 17.0. The summed E-state index contributed by atoms with van der Waals surface area (Å²) in [6.07, 6.45) is 0.961. The number of nitrogens with one attached hydrogen (secondary N) is 3. The molecule has 2 aromatic rings. The number of amides is 2. The summed E-state index contributed by atoms with van der Waals surface area (Å²) in [5.74, 6) is 0.0217. The third-order valence-corrected chi connectivity index (χ3v) is 3.79. The number of hydrogen-bond acceptors (Lipinski definition) is 5. The van der Waals surface area contributed by atoms with Crippen LogP contribution in [0.2, 0.25) is 0 Å². The lowest BCUT2D eigenvalue weighted by molar-refractivity contribution is -0.125. The molecular formula is C23H37N5O2. The lowest BCUT2D eigenvalue weighted by Gasteiger charge is -2.09. The molecule has 0 aliphatic heterocycles. The Hall–Kier alpha value is -2.93. The Morgan fingerprint density at radius 2 is 1.57 bits per heavy atom. The minimum absolute atomic E-state index is 0.0336. The molecule has 5 N–H and O–H groups in total. The van der Waals surface area contributed by atoms with Gasteiger partial charge in [-0.05, 0) is 38.4 Å². The molecule has 7 heteroatoms. The number of rotatable bonds is 8. The van der Waals surface area contributed by atoms with Crippen LogP contribution in [0.5, 0.6) is 0 Å². The van der Waals surface area contributed by atoms with E-state index in [1.165, 1.54) is 5.56 Å². The zero-order valence-electron chi connectivity index (χ0n) is 18.9. The number of anilines is 1. The van der Waals surface area contributed by atoms with Crippen LogP contribution in [0.1, 0.15) is 44.0 Å². The molecule has 0 radical (unpaired) electrons. The summed E-state index contributed by atoms with van der Waals surface area (Å²) >= 11 is 0. The zero-order valence-corrected chi connectivity index (χ0v) is 18.9. The minimum Gasteiger partial charge on any atom is -0.384 e. The number of benzene rings is 1. The number of aromatic nitrogens is 1. The lowest BCUT2D eigenvalue weighted by atomic mass is 10.2. The van der Waals surface area contributed by atoms with E-state index in [2.05, 4.69) is 40.0 Å². The van der Waals surface area contributed by atoms with E-state index < -0.39 is 0 Å². The molecule has 0 aliphatic rings. The highest BCUT2D eigenvalue weighted by atomic mass is 16.2. The molecule has 0 saturated heterocycles. The number of carbonyl (C=O) groups excluding carboxylic acids is 2. The van der Waals surface area contributed by atoms with Crippen molar-refractivity contribution in [2.45, 2.75) is 47.6 Å². The molecule has 0 aliphatic carbocycles. The van der Waals surface area contributed by atoms with Crippen LogP contribution in [0, 0.1) is 13.8 Å². The first-order valence-electron chi connectivity index (χ1n) is 10.4. The Balaban J connectivity index is 0.000000775.